The number of rotatable bonds is 4. The van der Waals surface area contributed by atoms with Crippen molar-refractivity contribution in [3.8, 4) is 11.8 Å². The summed E-state index contributed by atoms with van der Waals surface area (Å²) >= 11 is 5.68. The number of pyridine rings is 1. The molecule has 0 fully saturated rings. The second-order valence-electron chi connectivity index (χ2n) is 2.96. The summed E-state index contributed by atoms with van der Waals surface area (Å²) in [5.41, 5.74) is 0.0424. The van der Waals surface area contributed by atoms with E-state index in [1.165, 1.54) is 12.3 Å². The molecule has 0 aromatic carbocycles. The Morgan fingerprint density at radius 2 is 2.44 bits per heavy atom. The van der Waals surface area contributed by atoms with Gasteiger partial charge in [-0.15, -0.1) is 11.8 Å². The zero-order valence-corrected chi connectivity index (χ0v) is 9.51. The zero-order chi connectivity index (χ0) is 12.0. The maximum Gasteiger partial charge on any atom is 0.337 e. The van der Waals surface area contributed by atoms with E-state index in [2.05, 4.69) is 22.1 Å². The third-order valence-electron chi connectivity index (χ3n) is 1.82. The van der Waals surface area contributed by atoms with E-state index in [1.54, 1.807) is 6.92 Å². The van der Waals surface area contributed by atoms with Gasteiger partial charge in [-0.3, -0.25) is 0 Å². The fourth-order valence-electron chi connectivity index (χ4n) is 1.08. The normalized spacial score (nSPS) is 9.12. The van der Waals surface area contributed by atoms with E-state index < -0.39 is 5.97 Å². The zero-order valence-electron chi connectivity index (χ0n) is 8.75. The average molecular weight is 239 g/mol. The number of carboxylic acids is 1. The summed E-state index contributed by atoms with van der Waals surface area (Å²) in [4.78, 5) is 14.8. The topological polar surface area (TPSA) is 62.2 Å². The van der Waals surface area contributed by atoms with Crippen molar-refractivity contribution in [1.82, 2.24) is 4.98 Å². The van der Waals surface area contributed by atoms with E-state index in [-0.39, 0.29) is 10.6 Å². The van der Waals surface area contributed by atoms with E-state index >= 15 is 0 Å². The minimum absolute atomic E-state index is 0.0424. The molecule has 1 aromatic rings. The highest BCUT2D eigenvalue weighted by Gasteiger charge is 2.09. The van der Waals surface area contributed by atoms with Crippen molar-refractivity contribution in [3.05, 3.63) is 22.8 Å². The lowest BCUT2D eigenvalue weighted by Crippen LogP contribution is -2.05. The summed E-state index contributed by atoms with van der Waals surface area (Å²) < 4.78 is 0. The Bertz CT molecular complexity index is 449. The van der Waals surface area contributed by atoms with Gasteiger partial charge >= 0.3 is 5.97 Å². The van der Waals surface area contributed by atoms with Gasteiger partial charge in [0.1, 0.15) is 5.82 Å². The van der Waals surface area contributed by atoms with Gasteiger partial charge in [-0.2, -0.15) is 0 Å². The molecule has 16 heavy (non-hydrogen) atoms. The summed E-state index contributed by atoms with van der Waals surface area (Å²) in [6.45, 7) is 2.39. The van der Waals surface area contributed by atoms with Crippen LogP contribution in [0, 0.1) is 11.8 Å². The molecule has 0 aliphatic carbocycles. The SMILES string of the molecule is CC#CCCNc1cc(C(=O)O)c(Cl)cn1. The highest BCUT2D eigenvalue weighted by Crippen LogP contribution is 2.17. The molecule has 1 heterocycles. The van der Waals surface area contributed by atoms with Crippen LogP contribution in [0.2, 0.25) is 5.02 Å². The third-order valence-corrected chi connectivity index (χ3v) is 2.12. The fraction of sp³-hybridized carbons (Fsp3) is 0.273. The molecule has 0 spiro atoms. The molecular weight excluding hydrogens is 228 g/mol. The van der Waals surface area contributed by atoms with Crippen LogP contribution in [0.4, 0.5) is 5.82 Å². The molecule has 1 rings (SSSR count). The minimum Gasteiger partial charge on any atom is -0.478 e. The standard InChI is InChI=1S/C11H11ClN2O2/c1-2-3-4-5-13-10-6-8(11(15)16)9(12)7-14-10/h6-7H,4-5H2,1H3,(H,13,14)(H,15,16). The number of hydrogen-bond acceptors (Lipinski definition) is 3. The van der Waals surface area contributed by atoms with Crippen molar-refractivity contribution in [2.75, 3.05) is 11.9 Å². The van der Waals surface area contributed by atoms with Crippen LogP contribution in [0.1, 0.15) is 23.7 Å². The Morgan fingerprint density at radius 3 is 3.06 bits per heavy atom. The predicted molar refractivity (Wildman–Crippen MR) is 62.8 cm³/mol. The lowest BCUT2D eigenvalue weighted by atomic mass is 10.2. The van der Waals surface area contributed by atoms with Crippen molar-refractivity contribution >= 4 is 23.4 Å². The first-order chi connectivity index (χ1) is 7.65. The monoisotopic (exact) mass is 238 g/mol. The number of carbonyl (C=O) groups is 1. The number of carboxylic acid groups (broad SMARTS) is 1. The van der Waals surface area contributed by atoms with E-state index in [0.29, 0.717) is 18.8 Å². The number of nitrogens with one attached hydrogen (secondary N) is 1. The highest BCUT2D eigenvalue weighted by molar-refractivity contribution is 6.33. The van der Waals surface area contributed by atoms with Gasteiger partial charge in [0.15, 0.2) is 0 Å². The number of nitrogens with zero attached hydrogens (tertiary/aromatic N) is 1. The Labute approximate surface area is 98.6 Å². The van der Waals surface area contributed by atoms with Crippen LogP contribution in [0.15, 0.2) is 12.3 Å². The number of hydrogen-bond donors (Lipinski definition) is 2. The quantitative estimate of drug-likeness (QED) is 0.624. The van der Waals surface area contributed by atoms with Gasteiger partial charge in [-0.05, 0) is 13.0 Å². The van der Waals surface area contributed by atoms with Gasteiger partial charge in [0.2, 0.25) is 0 Å². The van der Waals surface area contributed by atoms with Gasteiger partial charge < -0.3 is 10.4 Å². The molecule has 0 bridgehead atoms. The Morgan fingerprint density at radius 1 is 1.69 bits per heavy atom. The third kappa shape index (κ3) is 3.44. The fourth-order valence-corrected chi connectivity index (χ4v) is 1.26. The van der Waals surface area contributed by atoms with Crippen LogP contribution in [-0.4, -0.2) is 22.6 Å². The summed E-state index contributed by atoms with van der Waals surface area (Å²) in [6, 6.07) is 1.41. The molecule has 84 valence electrons. The van der Waals surface area contributed by atoms with Crippen molar-refractivity contribution in [3.63, 3.8) is 0 Å². The highest BCUT2D eigenvalue weighted by atomic mass is 35.5. The van der Waals surface area contributed by atoms with Crippen LogP contribution in [0.25, 0.3) is 0 Å². The van der Waals surface area contributed by atoms with Crippen LogP contribution in [0.5, 0.6) is 0 Å². The van der Waals surface area contributed by atoms with Gasteiger partial charge in [-0.25, -0.2) is 9.78 Å². The van der Waals surface area contributed by atoms with Gasteiger partial charge in [-0.1, -0.05) is 11.6 Å². The van der Waals surface area contributed by atoms with Crippen LogP contribution in [-0.2, 0) is 0 Å². The first kappa shape index (κ1) is 12.3. The maximum atomic E-state index is 10.8. The molecule has 0 aliphatic heterocycles. The molecule has 5 heteroatoms. The smallest absolute Gasteiger partial charge is 0.337 e. The van der Waals surface area contributed by atoms with E-state index in [1.807, 2.05) is 0 Å². The molecule has 0 saturated heterocycles. The molecule has 0 aliphatic rings. The molecule has 0 unspecified atom stereocenters. The molecular formula is C11H11ClN2O2. The van der Waals surface area contributed by atoms with Crippen molar-refractivity contribution in [2.24, 2.45) is 0 Å². The van der Waals surface area contributed by atoms with Crippen molar-refractivity contribution in [2.45, 2.75) is 13.3 Å². The van der Waals surface area contributed by atoms with Gasteiger partial charge in [0.05, 0.1) is 10.6 Å². The molecule has 0 saturated carbocycles. The first-order valence-corrected chi connectivity index (χ1v) is 5.05. The van der Waals surface area contributed by atoms with Crippen LogP contribution < -0.4 is 5.32 Å². The molecule has 1 aromatic heterocycles. The van der Waals surface area contributed by atoms with Gasteiger partial charge in [0, 0.05) is 19.2 Å². The van der Waals surface area contributed by atoms with Crippen LogP contribution in [0.3, 0.4) is 0 Å². The maximum absolute atomic E-state index is 10.8. The lowest BCUT2D eigenvalue weighted by molar-refractivity contribution is 0.0697. The first-order valence-electron chi connectivity index (χ1n) is 4.67. The van der Waals surface area contributed by atoms with E-state index in [4.69, 9.17) is 16.7 Å². The average Bonchev–Trinajstić information content (AvgIpc) is 2.26. The van der Waals surface area contributed by atoms with Crippen molar-refractivity contribution in [1.29, 1.82) is 0 Å². The van der Waals surface area contributed by atoms with Crippen LogP contribution >= 0.6 is 11.6 Å². The number of halogens is 1. The number of aromatic nitrogens is 1. The second-order valence-corrected chi connectivity index (χ2v) is 3.37. The number of anilines is 1. The van der Waals surface area contributed by atoms with Gasteiger partial charge in [0.25, 0.3) is 0 Å². The molecule has 4 nitrogen and oxygen atoms in total. The minimum atomic E-state index is -1.07. The summed E-state index contributed by atoms with van der Waals surface area (Å²) in [5, 5.41) is 11.9. The van der Waals surface area contributed by atoms with E-state index in [0.717, 1.165) is 0 Å². The molecule has 2 N–H and O–H groups in total. The summed E-state index contributed by atoms with van der Waals surface area (Å²) in [5.74, 6) is 5.07. The molecule has 0 atom stereocenters. The lowest BCUT2D eigenvalue weighted by Gasteiger charge is -2.05. The van der Waals surface area contributed by atoms with E-state index in [9.17, 15) is 4.79 Å². The summed E-state index contributed by atoms with van der Waals surface area (Å²) in [7, 11) is 0. The largest absolute Gasteiger partial charge is 0.478 e. The molecule has 0 radical (unpaired) electrons. The number of aromatic carboxylic acids is 1. The Hall–Kier alpha value is -1.73. The van der Waals surface area contributed by atoms with Crippen molar-refractivity contribution < 1.29 is 9.90 Å². The summed E-state index contributed by atoms with van der Waals surface area (Å²) in [6.07, 6.45) is 2.00. The Kier molecular flexibility index (Phi) is 4.62. The Balaban J connectivity index is 2.70. The second kappa shape index (κ2) is 5.99. The molecule has 0 amide bonds. The predicted octanol–water partition coefficient (Wildman–Crippen LogP) is 2.26.